The first-order chi connectivity index (χ1) is 7.86. The molecule has 0 saturated carbocycles. The SMILES string of the molecule is C[SH+]C[C@H](CCO)CCCCn1ccnc1. The average Bonchev–Trinajstić information content (AvgIpc) is 2.78. The highest BCUT2D eigenvalue weighted by Crippen LogP contribution is 2.13. The van der Waals surface area contributed by atoms with Crippen LogP contribution in [0.2, 0.25) is 0 Å². The van der Waals surface area contributed by atoms with E-state index in [0.29, 0.717) is 12.5 Å². The van der Waals surface area contributed by atoms with E-state index in [1.165, 1.54) is 36.8 Å². The van der Waals surface area contributed by atoms with Crippen molar-refractivity contribution in [3.05, 3.63) is 18.7 Å². The number of imidazole rings is 1. The molecule has 4 heteroatoms. The van der Waals surface area contributed by atoms with Crippen LogP contribution in [0.4, 0.5) is 0 Å². The van der Waals surface area contributed by atoms with Crippen molar-refractivity contribution in [1.29, 1.82) is 0 Å². The van der Waals surface area contributed by atoms with E-state index in [1.807, 2.05) is 18.7 Å². The Bertz CT molecular complexity index is 246. The number of aliphatic hydroxyl groups excluding tert-OH is 1. The molecule has 16 heavy (non-hydrogen) atoms. The van der Waals surface area contributed by atoms with Crippen molar-refractivity contribution in [3.8, 4) is 0 Å². The van der Waals surface area contributed by atoms with Crippen LogP contribution >= 0.6 is 0 Å². The van der Waals surface area contributed by atoms with Gasteiger partial charge >= 0.3 is 0 Å². The fourth-order valence-corrected chi connectivity index (χ4v) is 2.80. The van der Waals surface area contributed by atoms with E-state index >= 15 is 0 Å². The molecular weight excluding hydrogens is 220 g/mol. The Labute approximate surface area is 102 Å². The van der Waals surface area contributed by atoms with Crippen LogP contribution in [-0.2, 0) is 18.3 Å². The second-order valence-corrected chi connectivity index (χ2v) is 5.17. The number of aliphatic hydroxyl groups is 1. The molecule has 1 aromatic heterocycles. The minimum absolute atomic E-state index is 0.335. The molecule has 0 aliphatic heterocycles. The van der Waals surface area contributed by atoms with Gasteiger partial charge in [0.15, 0.2) is 0 Å². The third kappa shape index (κ3) is 5.56. The average molecular weight is 243 g/mol. The summed E-state index contributed by atoms with van der Waals surface area (Å²) in [7, 11) is 0. The quantitative estimate of drug-likeness (QED) is 0.405. The number of hydrogen-bond donors (Lipinski definition) is 1. The maximum absolute atomic E-state index is 8.95. The molecule has 92 valence electrons. The summed E-state index contributed by atoms with van der Waals surface area (Å²) in [6.45, 7) is 1.40. The number of aromatic nitrogens is 2. The highest BCUT2D eigenvalue weighted by molar-refractivity contribution is 7.77. The molecule has 1 N–H and O–H groups in total. The summed E-state index contributed by atoms with van der Waals surface area (Å²) in [5, 5.41) is 8.95. The largest absolute Gasteiger partial charge is 0.396 e. The summed E-state index contributed by atoms with van der Waals surface area (Å²) >= 11 is 1.45. The van der Waals surface area contributed by atoms with Crippen LogP contribution in [0.5, 0.6) is 0 Å². The second-order valence-electron chi connectivity index (χ2n) is 4.17. The third-order valence-electron chi connectivity index (χ3n) is 2.82. The van der Waals surface area contributed by atoms with Gasteiger partial charge in [0.2, 0.25) is 0 Å². The van der Waals surface area contributed by atoms with Crippen molar-refractivity contribution in [3.63, 3.8) is 0 Å². The lowest BCUT2D eigenvalue weighted by molar-refractivity contribution is 0.258. The van der Waals surface area contributed by atoms with Crippen molar-refractivity contribution >= 4 is 11.8 Å². The summed E-state index contributed by atoms with van der Waals surface area (Å²) in [5.74, 6) is 1.94. The van der Waals surface area contributed by atoms with Gasteiger partial charge in [-0.3, -0.25) is 0 Å². The van der Waals surface area contributed by atoms with Crippen LogP contribution in [0.3, 0.4) is 0 Å². The molecule has 0 saturated heterocycles. The van der Waals surface area contributed by atoms with E-state index in [4.69, 9.17) is 5.11 Å². The molecule has 0 bridgehead atoms. The van der Waals surface area contributed by atoms with Gasteiger partial charge in [-0.15, -0.1) is 0 Å². The highest BCUT2D eigenvalue weighted by Gasteiger charge is 2.10. The Kier molecular flexibility index (Phi) is 7.34. The van der Waals surface area contributed by atoms with Crippen LogP contribution in [0, 0.1) is 5.92 Å². The van der Waals surface area contributed by atoms with Gasteiger partial charge in [0.05, 0.1) is 12.6 Å². The number of thiol groups is 1. The maximum Gasteiger partial charge on any atom is 0.108 e. The predicted octanol–water partition coefficient (Wildman–Crippen LogP) is 1.50. The molecule has 0 amide bonds. The molecule has 0 radical (unpaired) electrons. The number of rotatable bonds is 9. The van der Waals surface area contributed by atoms with E-state index in [2.05, 4.69) is 15.8 Å². The second kappa shape index (κ2) is 8.65. The molecule has 0 aromatic carbocycles. The minimum atomic E-state index is 0.335. The van der Waals surface area contributed by atoms with Gasteiger partial charge in [-0.1, -0.05) is 6.42 Å². The Morgan fingerprint density at radius 2 is 2.25 bits per heavy atom. The molecular formula is C12H23N2OS+. The summed E-state index contributed by atoms with van der Waals surface area (Å²) in [5.41, 5.74) is 0. The van der Waals surface area contributed by atoms with E-state index in [1.54, 1.807) is 0 Å². The summed E-state index contributed by atoms with van der Waals surface area (Å²) in [6.07, 6.45) is 12.6. The van der Waals surface area contributed by atoms with E-state index in [9.17, 15) is 0 Å². The Balaban J connectivity index is 2.08. The Morgan fingerprint density at radius 3 is 2.88 bits per heavy atom. The van der Waals surface area contributed by atoms with E-state index < -0.39 is 0 Å². The predicted molar refractivity (Wildman–Crippen MR) is 70.8 cm³/mol. The van der Waals surface area contributed by atoms with Gasteiger partial charge in [-0.05, 0) is 31.0 Å². The van der Waals surface area contributed by atoms with Crippen LogP contribution < -0.4 is 0 Å². The molecule has 1 atom stereocenters. The molecule has 0 unspecified atom stereocenters. The molecule has 0 aliphatic carbocycles. The fourth-order valence-electron chi connectivity index (χ4n) is 1.91. The number of nitrogens with zero attached hydrogens (tertiary/aromatic N) is 2. The monoisotopic (exact) mass is 243 g/mol. The normalized spacial score (nSPS) is 12.9. The van der Waals surface area contributed by atoms with Gasteiger partial charge in [0.1, 0.15) is 5.75 Å². The van der Waals surface area contributed by atoms with Crippen LogP contribution in [-0.4, -0.2) is 33.3 Å². The number of hydrogen-bond acceptors (Lipinski definition) is 2. The van der Waals surface area contributed by atoms with Crippen molar-refractivity contribution < 1.29 is 5.11 Å². The van der Waals surface area contributed by atoms with Gasteiger partial charge in [-0.25, -0.2) is 4.98 Å². The number of unbranched alkanes of at least 4 members (excludes halogenated alkanes) is 1. The molecule has 0 fully saturated rings. The van der Waals surface area contributed by atoms with Gasteiger partial charge in [0, 0.05) is 31.5 Å². The first-order valence-electron chi connectivity index (χ1n) is 5.99. The zero-order valence-electron chi connectivity index (χ0n) is 10.0. The lowest BCUT2D eigenvalue weighted by atomic mass is 10.0. The standard InChI is InChI=1S/C12H22N2OS/c1-16-10-12(5-9-15)4-2-3-7-14-8-6-13-11-14/h6,8,11-12,15H,2-5,7,9-10H2,1H3/p+1/t12-/m0/s1. The van der Waals surface area contributed by atoms with Gasteiger partial charge in [-0.2, -0.15) is 0 Å². The highest BCUT2D eigenvalue weighted by atomic mass is 32.2. The minimum Gasteiger partial charge on any atom is -0.396 e. The molecule has 0 spiro atoms. The van der Waals surface area contributed by atoms with Crippen molar-refractivity contribution in [1.82, 2.24) is 9.55 Å². The molecule has 1 rings (SSSR count). The van der Waals surface area contributed by atoms with Gasteiger partial charge < -0.3 is 9.67 Å². The first kappa shape index (κ1) is 13.6. The van der Waals surface area contributed by atoms with E-state index in [-0.39, 0.29) is 0 Å². The zero-order chi connectivity index (χ0) is 11.6. The lowest BCUT2D eigenvalue weighted by Crippen LogP contribution is -2.10. The fraction of sp³-hybridized carbons (Fsp3) is 0.750. The molecule has 1 heterocycles. The Hall–Kier alpha value is -0.480. The summed E-state index contributed by atoms with van der Waals surface area (Å²) in [6, 6.07) is 0. The number of aryl methyl sites for hydroxylation is 1. The maximum atomic E-state index is 8.95. The zero-order valence-corrected chi connectivity index (χ0v) is 10.9. The van der Waals surface area contributed by atoms with Crippen molar-refractivity contribution in [2.24, 2.45) is 5.92 Å². The smallest absolute Gasteiger partial charge is 0.108 e. The van der Waals surface area contributed by atoms with E-state index in [0.717, 1.165) is 13.0 Å². The van der Waals surface area contributed by atoms with Gasteiger partial charge in [0.25, 0.3) is 0 Å². The Morgan fingerprint density at radius 1 is 1.38 bits per heavy atom. The van der Waals surface area contributed by atoms with Crippen molar-refractivity contribution in [2.45, 2.75) is 32.2 Å². The summed E-state index contributed by atoms with van der Waals surface area (Å²) in [4.78, 5) is 4.02. The molecule has 1 aromatic rings. The first-order valence-corrected chi connectivity index (χ1v) is 7.51. The topological polar surface area (TPSA) is 38.0 Å². The van der Waals surface area contributed by atoms with Crippen LogP contribution in [0.1, 0.15) is 25.7 Å². The molecule has 0 aliphatic rings. The van der Waals surface area contributed by atoms with Crippen molar-refractivity contribution in [2.75, 3.05) is 18.6 Å². The van der Waals surface area contributed by atoms with Crippen LogP contribution in [0.15, 0.2) is 18.7 Å². The summed E-state index contributed by atoms with van der Waals surface area (Å²) < 4.78 is 2.12. The molecule has 3 nitrogen and oxygen atoms in total. The third-order valence-corrected chi connectivity index (χ3v) is 3.70. The van der Waals surface area contributed by atoms with Crippen LogP contribution in [0.25, 0.3) is 0 Å². The lowest BCUT2D eigenvalue weighted by Gasteiger charge is -2.11.